The van der Waals surface area contributed by atoms with E-state index in [1.807, 2.05) is 0 Å². The Morgan fingerprint density at radius 1 is 1.18 bits per heavy atom. The molecule has 1 aliphatic rings. The highest BCUT2D eigenvalue weighted by Gasteiger charge is 2.29. The third-order valence-corrected chi connectivity index (χ3v) is 3.53. The SMILES string of the molecule is FC(F)(F)c1ccc(NC(=S)NCCN2CCOCC2)cc1. The van der Waals surface area contributed by atoms with Crippen LogP contribution >= 0.6 is 12.2 Å². The molecule has 0 unspecified atom stereocenters. The Kier molecular flexibility index (Phi) is 5.98. The fourth-order valence-corrected chi connectivity index (χ4v) is 2.29. The molecule has 0 atom stereocenters. The number of hydrogen-bond donors (Lipinski definition) is 2. The van der Waals surface area contributed by atoms with Gasteiger partial charge in [0.2, 0.25) is 0 Å². The smallest absolute Gasteiger partial charge is 0.379 e. The zero-order chi connectivity index (χ0) is 16.0. The van der Waals surface area contributed by atoms with Crippen LogP contribution in [0.4, 0.5) is 18.9 Å². The molecule has 0 saturated carbocycles. The van der Waals surface area contributed by atoms with Gasteiger partial charge in [-0.15, -0.1) is 0 Å². The molecule has 1 aliphatic heterocycles. The Bertz CT molecular complexity index is 487. The first-order chi connectivity index (χ1) is 10.4. The molecule has 0 aromatic heterocycles. The molecule has 0 bridgehead atoms. The van der Waals surface area contributed by atoms with Crippen molar-refractivity contribution in [2.24, 2.45) is 0 Å². The van der Waals surface area contributed by atoms with Gasteiger partial charge in [0.25, 0.3) is 0 Å². The standard InChI is InChI=1S/C14H18F3N3OS/c15-14(16,17)11-1-3-12(4-2-11)19-13(22)18-5-6-20-7-9-21-10-8-20/h1-4H,5-10H2,(H2,18,19,22). The minimum absolute atomic E-state index is 0.396. The molecular formula is C14H18F3N3OS. The van der Waals surface area contributed by atoms with Crippen LogP contribution in [-0.4, -0.2) is 49.4 Å². The summed E-state index contributed by atoms with van der Waals surface area (Å²) in [6, 6.07) is 4.77. The number of benzene rings is 1. The second-order valence-electron chi connectivity index (χ2n) is 4.91. The minimum atomic E-state index is -4.32. The van der Waals surface area contributed by atoms with E-state index in [1.54, 1.807) is 0 Å². The molecule has 8 heteroatoms. The lowest BCUT2D eigenvalue weighted by Gasteiger charge is -2.26. The molecule has 2 N–H and O–H groups in total. The van der Waals surface area contributed by atoms with Crippen molar-refractivity contribution < 1.29 is 17.9 Å². The Balaban J connectivity index is 1.72. The highest BCUT2D eigenvalue weighted by atomic mass is 32.1. The molecule has 1 fully saturated rings. The van der Waals surface area contributed by atoms with E-state index in [9.17, 15) is 13.2 Å². The van der Waals surface area contributed by atoms with Gasteiger partial charge in [0, 0.05) is 31.9 Å². The van der Waals surface area contributed by atoms with Crippen LogP contribution in [0.25, 0.3) is 0 Å². The molecule has 0 aliphatic carbocycles. The van der Waals surface area contributed by atoms with Gasteiger partial charge >= 0.3 is 6.18 Å². The lowest BCUT2D eigenvalue weighted by atomic mass is 10.2. The Morgan fingerprint density at radius 3 is 2.41 bits per heavy atom. The number of rotatable bonds is 4. The maximum atomic E-state index is 12.5. The van der Waals surface area contributed by atoms with Crippen LogP contribution in [0.2, 0.25) is 0 Å². The number of anilines is 1. The van der Waals surface area contributed by atoms with Crippen molar-refractivity contribution in [1.82, 2.24) is 10.2 Å². The Labute approximate surface area is 132 Å². The molecule has 4 nitrogen and oxygen atoms in total. The van der Waals surface area contributed by atoms with E-state index in [-0.39, 0.29) is 0 Å². The molecule has 122 valence electrons. The maximum absolute atomic E-state index is 12.5. The van der Waals surface area contributed by atoms with Gasteiger partial charge in [-0.3, -0.25) is 4.90 Å². The van der Waals surface area contributed by atoms with E-state index < -0.39 is 11.7 Å². The van der Waals surface area contributed by atoms with Crippen LogP contribution in [0.3, 0.4) is 0 Å². The summed E-state index contributed by atoms with van der Waals surface area (Å²) < 4.78 is 42.6. The number of nitrogens with one attached hydrogen (secondary N) is 2. The van der Waals surface area contributed by atoms with Crippen LogP contribution < -0.4 is 10.6 Å². The predicted molar refractivity (Wildman–Crippen MR) is 82.9 cm³/mol. The van der Waals surface area contributed by atoms with Crippen molar-refractivity contribution in [3.05, 3.63) is 29.8 Å². The fraction of sp³-hybridized carbons (Fsp3) is 0.500. The number of nitrogens with zero attached hydrogens (tertiary/aromatic N) is 1. The molecule has 22 heavy (non-hydrogen) atoms. The lowest BCUT2D eigenvalue weighted by Crippen LogP contribution is -2.42. The second-order valence-corrected chi connectivity index (χ2v) is 5.32. The highest BCUT2D eigenvalue weighted by molar-refractivity contribution is 7.80. The number of halogens is 3. The maximum Gasteiger partial charge on any atom is 0.416 e. The number of hydrogen-bond acceptors (Lipinski definition) is 3. The van der Waals surface area contributed by atoms with Crippen molar-refractivity contribution in [3.63, 3.8) is 0 Å². The first kappa shape index (κ1) is 17.0. The summed E-state index contributed by atoms with van der Waals surface area (Å²) in [6.07, 6.45) is -4.32. The van der Waals surface area contributed by atoms with E-state index in [0.29, 0.717) is 17.3 Å². The number of thiocarbonyl (C=S) groups is 1. The van der Waals surface area contributed by atoms with Crippen LogP contribution in [0, 0.1) is 0 Å². The summed E-state index contributed by atoms with van der Waals surface area (Å²) in [4.78, 5) is 2.26. The molecule has 0 spiro atoms. The van der Waals surface area contributed by atoms with E-state index >= 15 is 0 Å². The average Bonchev–Trinajstić information content (AvgIpc) is 2.48. The van der Waals surface area contributed by atoms with Crippen molar-refractivity contribution in [2.45, 2.75) is 6.18 Å². The normalized spacial score (nSPS) is 16.3. The summed E-state index contributed by atoms with van der Waals surface area (Å²) in [5.74, 6) is 0. The molecule has 1 heterocycles. The molecule has 1 aromatic carbocycles. The quantitative estimate of drug-likeness (QED) is 0.827. The predicted octanol–water partition coefficient (Wildman–Crippen LogP) is 2.32. The highest BCUT2D eigenvalue weighted by Crippen LogP contribution is 2.29. The molecule has 0 radical (unpaired) electrons. The van der Waals surface area contributed by atoms with Gasteiger partial charge in [-0.2, -0.15) is 13.2 Å². The van der Waals surface area contributed by atoms with Gasteiger partial charge in [-0.1, -0.05) is 0 Å². The van der Waals surface area contributed by atoms with Gasteiger partial charge < -0.3 is 15.4 Å². The van der Waals surface area contributed by atoms with Gasteiger partial charge in [-0.25, -0.2) is 0 Å². The Hall–Kier alpha value is -1.38. The molecule has 2 rings (SSSR count). The van der Waals surface area contributed by atoms with Gasteiger partial charge in [0.15, 0.2) is 5.11 Å². The summed E-state index contributed by atoms with van der Waals surface area (Å²) in [5.41, 5.74) is -0.152. The fourth-order valence-electron chi connectivity index (χ4n) is 2.07. The van der Waals surface area contributed by atoms with Crippen LogP contribution in [0.15, 0.2) is 24.3 Å². The first-order valence-corrected chi connectivity index (χ1v) is 7.38. The monoisotopic (exact) mass is 333 g/mol. The van der Waals surface area contributed by atoms with E-state index in [4.69, 9.17) is 17.0 Å². The zero-order valence-electron chi connectivity index (χ0n) is 11.9. The summed E-state index contributed by atoms with van der Waals surface area (Å²) >= 11 is 5.12. The second kappa shape index (κ2) is 7.75. The minimum Gasteiger partial charge on any atom is -0.379 e. The third kappa shape index (κ3) is 5.43. The van der Waals surface area contributed by atoms with E-state index in [2.05, 4.69) is 15.5 Å². The van der Waals surface area contributed by atoms with E-state index in [0.717, 1.165) is 45.0 Å². The topological polar surface area (TPSA) is 36.5 Å². The van der Waals surface area contributed by atoms with Crippen molar-refractivity contribution in [2.75, 3.05) is 44.7 Å². The van der Waals surface area contributed by atoms with Crippen LogP contribution in [-0.2, 0) is 10.9 Å². The van der Waals surface area contributed by atoms with Crippen molar-refractivity contribution >= 4 is 23.0 Å². The molecular weight excluding hydrogens is 315 g/mol. The van der Waals surface area contributed by atoms with Gasteiger partial charge in [0.1, 0.15) is 0 Å². The van der Waals surface area contributed by atoms with Crippen LogP contribution in [0.5, 0.6) is 0 Å². The van der Waals surface area contributed by atoms with Crippen LogP contribution in [0.1, 0.15) is 5.56 Å². The average molecular weight is 333 g/mol. The molecule has 0 amide bonds. The zero-order valence-corrected chi connectivity index (χ0v) is 12.8. The van der Waals surface area contributed by atoms with Gasteiger partial charge in [0.05, 0.1) is 18.8 Å². The summed E-state index contributed by atoms with van der Waals surface area (Å²) in [6.45, 7) is 4.81. The number of ether oxygens (including phenoxy) is 1. The van der Waals surface area contributed by atoms with Crippen molar-refractivity contribution in [1.29, 1.82) is 0 Å². The molecule has 1 aromatic rings. The number of morpholine rings is 1. The number of alkyl halides is 3. The summed E-state index contributed by atoms with van der Waals surface area (Å²) in [7, 11) is 0. The van der Waals surface area contributed by atoms with E-state index in [1.165, 1.54) is 12.1 Å². The molecule has 1 saturated heterocycles. The Morgan fingerprint density at radius 2 is 1.82 bits per heavy atom. The lowest BCUT2D eigenvalue weighted by molar-refractivity contribution is -0.137. The van der Waals surface area contributed by atoms with Gasteiger partial charge in [-0.05, 0) is 36.5 Å². The third-order valence-electron chi connectivity index (χ3n) is 3.29. The van der Waals surface area contributed by atoms with Crippen molar-refractivity contribution in [3.8, 4) is 0 Å². The first-order valence-electron chi connectivity index (χ1n) is 6.97. The summed E-state index contributed by atoms with van der Waals surface area (Å²) in [5, 5.41) is 6.30. The largest absolute Gasteiger partial charge is 0.416 e.